The van der Waals surface area contributed by atoms with Gasteiger partial charge in [-0.3, -0.25) is 14.3 Å². The second-order valence-corrected chi connectivity index (χ2v) is 4.65. The molecule has 22 heavy (non-hydrogen) atoms. The number of ether oxygens (including phenoxy) is 1. The van der Waals surface area contributed by atoms with E-state index in [1.165, 1.54) is 30.3 Å². The maximum absolute atomic E-state index is 12.3. The molecule has 9 heteroatoms. The van der Waals surface area contributed by atoms with Crippen LogP contribution in [0.2, 0.25) is 0 Å². The van der Waals surface area contributed by atoms with Gasteiger partial charge in [0.15, 0.2) is 0 Å². The molecule has 1 unspecified atom stereocenters. The molecule has 2 aromatic heterocycles. The fourth-order valence-corrected chi connectivity index (χ4v) is 1.84. The van der Waals surface area contributed by atoms with Crippen LogP contribution >= 0.6 is 0 Å². The average molecular weight is 307 g/mol. The molecule has 2 heterocycles. The molecule has 0 fully saturated rings. The SMILES string of the molecule is COCC(O)CNC(=O)c1ccnn(-c2cnn(C)c2)c1=O. The van der Waals surface area contributed by atoms with Gasteiger partial charge in [-0.15, -0.1) is 0 Å². The van der Waals surface area contributed by atoms with E-state index >= 15 is 0 Å². The molecule has 9 nitrogen and oxygen atoms in total. The van der Waals surface area contributed by atoms with Crippen molar-refractivity contribution in [2.75, 3.05) is 20.3 Å². The highest BCUT2D eigenvalue weighted by Gasteiger charge is 2.15. The minimum absolute atomic E-state index is 0.0126. The molecule has 2 rings (SSSR count). The lowest BCUT2D eigenvalue weighted by atomic mass is 10.2. The van der Waals surface area contributed by atoms with Crippen LogP contribution < -0.4 is 10.9 Å². The van der Waals surface area contributed by atoms with E-state index in [2.05, 4.69) is 15.5 Å². The van der Waals surface area contributed by atoms with Crippen molar-refractivity contribution in [2.45, 2.75) is 6.10 Å². The van der Waals surface area contributed by atoms with Gasteiger partial charge in [-0.05, 0) is 6.07 Å². The monoisotopic (exact) mass is 307 g/mol. The van der Waals surface area contributed by atoms with Gasteiger partial charge in [-0.25, -0.2) is 0 Å². The summed E-state index contributed by atoms with van der Waals surface area (Å²) in [5.74, 6) is -0.583. The number of rotatable bonds is 6. The van der Waals surface area contributed by atoms with Crippen LogP contribution in [0.5, 0.6) is 0 Å². The zero-order chi connectivity index (χ0) is 16.1. The Morgan fingerprint density at radius 2 is 2.27 bits per heavy atom. The standard InChI is InChI=1S/C13H17N5O4/c1-17-7-9(5-16-17)18-13(21)11(3-4-15-18)12(20)14-6-10(19)8-22-2/h3-5,7,10,19H,6,8H2,1-2H3,(H,14,20). The number of hydrogen-bond donors (Lipinski definition) is 2. The van der Waals surface area contributed by atoms with E-state index in [4.69, 9.17) is 4.74 Å². The van der Waals surface area contributed by atoms with Crippen LogP contribution in [0.1, 0.15) is 10.4 Å². The molecule has 1 amide bonds. The van der Waals surface area contributed by atoms with Gasteiger partial charge in [-0.1, -0.05) is 0 Å². The molecule has 118 valence electrons. The number of nitrogens with zero attached hydrogens (tertiary/aromatic N) is 4. The van der Waals surface area contributed by atoms with Crippen molar-refractivity contribution in [3.8, 4) is 5.69 Å². The van der Waals surface area contributed by atoms with Crippen molar-refractivity contribution in [3.05, 3.63) is 40.6 Å². The van der Waals surface area contributed by atoms with Gasteiger partial charge < -0.3 is 15.2 Å². The molecular weight excluding hydrogens is 290 g/mol. The second kappa shape index (κ2) is 6.96. The Morgan fingerprint density at radius 1 is 1.50 bits per heavy atom. The Kier molecular flexibility index (Phi) is 5.02. The lowest BCUT2D eigenvalue weighted by Crippen LogP contribution is -2.38. The first-order valence-electron chi connectivity index (χ1n) is 6.55. The Hall–Kier alpha value is -2.52. The van der Waals surface area contributed by atoms with Gasteiger partial charge in [0.25, 0.3) is 11.5 Å². The Labute approximate surface area is 126 Å². The molecule has 2 aromatic rings. The van der Waals surface area contributed by atoms with Crippen molar-refractivity contribution >= 4 is 5.91 Å². The number of carbonyl (C=O) groups excluding carboxylic acids is 1. The van der Waals surface area contributed by atoms with Gasteiger partial charge in [0.05, 0.1) is 25.1 Å². The largest absolute Gasteiger partial charge is 0.389 e. The van der Waals surface area contributed by atoms with Crippen LogP contribution in [-0.4, -0.2) is 56.9 Å². The number of nitrogens with one attached hydrogen (secondary N) is 1. The minimum Gasteiger partial charge on any atom is -0.389 e. The Morgan fingerprint density at radius 3 is 2.91 bits per heavy atom. The van der Waals surface area contributed by atoms with E-state index < -0.39 is 17.6 Å². The molecule has 0 spiro atoms. The molecule has 0 aromatic carbocycles. The van der Waals surface area contributed by atoms with Crippen LogP contribution in [0.15, 0.2) is 29.5 Å². The quantitative estimate of drug-likeness (QED) is 0.686. The summed E-state index contributed by atoms with van der Waals surface area (Å²) in [6.45, 7) is 0.0812. The summed E-state index contributed by atoms with van der Waals surface area (Å²) in [5, 5.41) is 19.9. The number of aliphatic hydroxyl groups excluding tert-OH is 1. The van der Waals surface area contributed by atoms with Gasteiger partial charge in [0.1, 0.15) is 11.3 Å². The maximum Gasteiger partial charge on any atom is 0.284 e. The third-order valence-electron chi connectivity index (χ3n) is 2.88. The first kappa shape index (κ1) is 15.9. The summed E-state index contributed by atoms with van der Waals surface area (Å²) >= 11 is 0. The number of hydrogen-bond acceptors (Lipinski definition) is 6. The van der Waals surface area contributed by atoms with E-state index in [1.807, 2.05) is 0 Å². The van der Waals surface area contributed by atoms with Gasteiger partial charge >= 0.3 is 0 Å². The normalized spacial score (nSPS) is 12.1. The second-order valence-electron chi connectivity index (χ2n) is 4.65. The number of aromatic nitrogens is 4. The van der Waals surface area contributed by atoms with Crippen LogP contribution in [0.3, 0.4) is 0 Å². The fraction of sp³-hybridized carbons (Fsp3) is 0.385. The van der Waals surface area contributed by atoms with Gasteiger partial charge in [0, 0.05) is 26.9 Å². The molecule has 0 aliphatic rings. The van der Waals surface area contributed by atoms with Crippen LogP contribution in [0.25, 0.3) is 5.69 Å². The summed E-state index contributed by atoms with van der Waals surface area (Å²) < 4.78 is 7.37. The van der Waals surface area contributed by atoms with Crippen LogP contribution in [0, 0.1) is 0 Å². The third kappa shape index (κ3) is 3.57. The molecule has 2 N–H and O–H groups in total. The van der Waals surface area contributed by atoms with E-state index in [-0.39, 0.29) is 18.7 Å². The predicted octanol–water partition coefficient (Wildman–Crippen LogP) is -1.30. The average Bonchev–Trinajstić information content (AvgIpc) is 2.91. The fourth-order valence-electron chi connectivity index (χ4n) is 1.84. The molecule has 0 bridgehead atoms. The highest BCUT2D eigenvalue weighted by Crippen LogP contribution is 2.01. The number of methoxy groups -OCH3 is 1. The molecule has 0 saturated carbocycles. The molecule has 1 atom stereocenters. The molecule has 0 aliphatic heterocycles. The van der Waals surface area contributed by atoms with Gasteiger partial charge in [-0.2, -0.15) is 14.9 Å². The van der Waals surface area contributed by atoms with E-state index in [1.54, 1.807) is 13.2 Å². The Bertz CT molecular complexity index is 708. The molecular formula is C13H17N5O4. The summed E-state index contributed by atoms with van der Waals surface area (Å²) in [6.07, 6.45) is 3.60. The summed E-state index contributed by atoms with van der Waals surface area (Å²) in [6, 6.07) is 1.33. The van der Waals surface area contributed by atoms with E-state index in [0.29, 0.717) is 5.69 Å². The van der Waals surface area contributed by atoms with Crippen LogP contribution in [-0.2, 0) is 11.8 Å². The number of aliphatic hydroxyl groups is 1. The minimum atomic E-state index is -0.837. The van der Waals surface area contributed by atoms with Gasteiger partial charge in [0.2, 0.25) is 0 Å². The lowest BCUT2D eigenvalue weighted by molar-refractivity contribution is 0.0609. The van der Waals surface area contributed by atoms with Crippen molar-refractivity contribution in [1.82, 2.24) is 24.9 Å². The maximum atomic E-state index is 12.3. The van der Waals surface area contributed by atoms with E-state index in [0.717, 1.165) is 4.68 Å². The zero-order valence-electron chi connectivity index (χ0n) is 12.3. The topological polar surface area (TPSA) is 111 Å². The number of amides is 1. The predicted molar refractivity (Wildman–Crippen MR) is 76.8 cm³/mol. The highest BCUT2D eigenvalue weighted by molar-refractivity contribution is 5.93. The van der Waals surface area contributed by atoms with Crippen molar-refractivity contribution < 1.29 is 14.6 Å². The molecule has 0 radical (unpaired) electrons. The lowest BCUT2D eigenvalue weighted by Gasteiger charge is -2.10. The van der Waals surface area contributed by atoms with E-state index in [9.17, 15) is 14.7 Å². The third-order valence-corrected chi connectivity index (χ3v) is 2.88. The summed E-state index contributed by atoms with van der Waals surface area (Å²) in [7, 11) is 3.16. The van der Waals surface area contributed by atoms with Crippen molar-refractivity contribution in [1.29, 1.82) is 0 Å². The molecule has 0 aliphatic carbocycles. The smallest absolute Gasteiger partial charge is 0.284 e. The number of carbonyl (C=O) groups is 1. The zero-order valence-corrected chi connectivity index (χ0v) is 12.3. The highest BCUT2D eigenvalue weighted by atomic mass is 16.5. The Balaban J connectivity index is 2.18. The summed E-state index contributed by atoms with van der Waals surface area (Å²) in [5.41, 5.74) is -0.167. The van der Waals surface area contributed by atoms with Crippen molar-refractivity contribution in [3.63, 3.8) is 0 Å². The first-order chi connectivity index (χ1) is 10.5. The van der Waals surface area contributed by atoms with Crippen molar-refractivity contribution in [2.24, 2.45) is 7.05 Å². The number of aryl methyl sites for hydroxylation is 1. The summed E-state index contributed by atoms with van der Waals surface area (Å²) in [4.78, 5) is 24.3. The van der Waals surface area contributed by atoms with Crippen LogP contribution in [0.4, 0.5) is 0 Å². The molecule has 0 saturated heterocycles. The first-order valence-corrected chi connectivity index (χ1v) is 6.55.